The van der Waals surface area contributed by atoms with Crippen LogP contribution in [0.2, 0.25) is 0 Å². The van der Waals surface area contributed by atoms with Crippen LogP contribution < -0.4 is 29.0 Å². The maximum Gasteiger partial charge on any atom is 0.320 e. The second-order valence-electron chi connectivity index (χ2n) is 7.23. The molecule has 0 bridgehead atoms. The van der Waals surface area contributed by atoms with Gasteiger partial charge in [0.05, 0.1) is 0 Å². The second-order valence-corrected chi connectivity index (χ2v) is 7.23. The highest BCUT2D eigenvalue weighted by atomic mass is 16.7. The number of benzene rings is 2. The molecule has 0 unspecified atom stereocenters. The molecule has 2 aliphatic rings. The Morgan fingerprint density at radius 1 is 0.848 bits per heavy atom. The average Bonchev–Trinajstić information content (AvgIpc) is 3.52. The molecule has 0 saturated heterocycles. The van der Waals surface area contributed by atoms with E-state index in [0.717, 1.165) is 17.0 Å². The Morgan fingerprint density at radius 2 is 1.67 bits per heavy atom. The van der Waals surface area contributed by atoms with Gasteiger partial charge in [-0.15, -0.1) is 5.10 Å². The lowest BCUT2D eigenvalue weighted by Crippen LogP contribution is -2.15. The molecule has 2 aliphatic heterocycles. The second kappa shape index (κ2) is 8.23. The molecular formula is C23H18N4O6. The van der Waals surface area contributed by atoms with Crippen molar-refractivity contribution in [2.24, 2.45) is 0 Å². The molecule has 2 aromatic carbocycles. The fraction of sp³-hybridized carbons (Fsp3) is 0.174. The molecule has 1 N–H and O–H groups in total. The monoisotopic (exact) mass is 446 g/mol. The van der Waals surface area contributed by atoms with Crippen LogP contribution in [0.4, 0.5) is 11.7 Å². The molecule has 2 aromatic heterocycles. The summed E-state index contributed by atoms with van der Waals surface area (Å²) >= 11 is 0. The summed E-state index contributed by atoms with van der Waals surface area (Å²) in [7, 11) is 0. The smallest absolute Gasteiger partial charge is 0.320 e. The van der Waals surface area contributed by atoms with Crippen molar-refractivity contribution >= 4 is 11.7 Å². The number of nitrogens with zero attached hydrogens (tertiary/aromatic N) is 3. The van der Waals surface area contributed by atoms with E-state index >= 15 is 0 Å². The van der Waals surface area contributed by atoms with Gasteiger partial charge in [-0.05, 0) is 42.0 Å². The molecule has 0 atom stereocenters. The van der Waals surface area contributed by atoms with Crippen molar-refractivity contribution in [2.45, 2.75) is 6.61 Å². The third-order valence-electron chi connectivity index (χ3n) is 5.03. The fourth-order valence-electron chi connectivity index (χ4n) is 3.48. The summed E-state index contributed by atoms with van der Waals surface area (Å²) in [5, 5.41) is 11.3. The quantitative estimate of drug-likeness (QED) is 0.467. The summed E-state index contributed by atoms with van der Waals surface area (Å²) in [6.07, 6.45) is 1.64. The van der Waals surface area contributed by atoms with Gasteiger partial charge in [-0.25, -0.2) is 4.98 Å². The van der Waals surface area contributed by atoms with Gasteiger partial charge in [-0.1, -0.05) is 11.2 Å². The lowest BCUT2D eigenvalue weighted by atomic mass is 10.2. The van der Waals surface area contributed by atoms with E-state index in [1.165, 1.54) is 0 Å². The number of hydrogen-bond acceptors (Lipinski definition) is 10. The third kappa shape index (κ3) is 3.93. The van der Waals surface area contributed by atoms with Gasteiger partial charge >= 0.3 is 6.01 Å². The van der Waals surface area contributed by atoms with E-state index in [9.17, 15) is 0 Å². The Balaban J connectivity index is 1.18. The van der Waals surface area contributed by atoms with Gasteiger partial charge in [0.1, 0.15) is 25.4 Å². The standard InChI is InChI=1S/C23H18N4O6/c1-2-16(21(24-7-1)30-12-14-3-5-18-19(10-14)32-13-31-18)22-26-27-23(33-22)25-15-4-6-17-20(11-15)29-9-8-28-17/h1-7,10-11H,8-9,12-13H2,(H,25,27). The molecule has 0 saturated carbocycles. The van der Waals surface area contributed by atoms with Gasteiger partial charge in [-0.2, -0.15) is 0 Å². The Kier molecular flexibility index (Phi) is 4.80. The molecule has 0 aliphatic carbocycles. The van der Waals surface area contributed by atoms with E-state index in [1.54, 1.807) is 12.3 Å². The molecule has 33 heavy (non-hydrogen) atoms. The minimum Gasteiger partial charge on any atom is -0.486 e. The molecule has 6 rings (SSSR count). The van der Waals surface area contributed by atoms with Crippen molar-refractivity contribution in [3.05, 3.63) is 60.3 Å². The van der Waals surface area contributed by atoms with Crippen molar-refractivity contribution in [1.29, 1.82) is 0 Å². The number of hydrogen-bond donors (Lipinski definition) is 1. The lowest BCUT2D eigenvalue weighted by molar-refractivity contribution is 0.171. The van der Waals surface area contributed by atoms with E-state index in [0.29, 0.717) is 41.9 Å². The maximum absolute atomic E-state index is 5.94. The maximum atomic E-state index is 5.94. The molecule has 4 aromatic rings. The summed E-state index contributed by atoms with van der Waals surface area (Å²) < 4.78 is 33.7. The zero-order valence-electron chi connectivity index (χ0n) is 17.3. The molecule has 0 spiro atoms. The normalized spacial score (nSPS) is 13.6. The van der Waals surface area contributed by atoms with E-state index < -0.39 is 0 Å². The molecule has 166 valence electrons. The van der Waals surface area contributed by atoms with Gasteiger partial charge < -0.3 is 33.4 Å². The van der Waals surface area contributed by atoms with Gasteiger partial charge in [0.25, 0.3) is 5.89 Å². The van der Waals surface area contributed by atoms with Gasteiger partial charge in [0.15, 0.2) is 23.0 Å². The topological polar surface area (TPSA) is 110 Å². The summed E-state index contributed by atoms with van der Waals surface area (Å²) in [4.78, 5) is 4.33. The average molecular weight is 446 g/mol. The highest BCUT2D eigenvalue weighted by Gasteiger charge is 2.18. The fourth-order valence-corrected chi connectivity index (χ4v) is 3.48. The summed E-state index contributed by atoms with van der Waals surface area (Å²) in [5.41, 5.74) is 2.24. The Hall–Kier alpha value is -4.47. The molecule has 10 heteroatoms. The molecule has 4 heterocycles. The first kappa shape index (κ1) is 19.2. The van der Waals surface area contributed by atoms with Crippen molar-refractivity contribution in [1.82, 2.24) is 15.2 Å². The first-order valence-electron chi connectivity index (χ1n) is 10.3. The van der Waals surface area contributed by atoms with Crippen LogP contribution in [0.5, 0.6) is 28.9 Å². The van der Waals surface area contributed by atoms with E-state index in [4.69, 9.17) is 28.1 Å². The largest absolute Gasteiger partial charge is 0.486 e. The number of ether oxygens (including phenoxy) is 5. The predicted molar refractivity (Wildman–Crippen MR) is 115 cm³/mol. The van der Waals surface area contributed by atoms with E-state index in [-0.39, 0.29) is 25.3 Å². The Labute approximate surface area is 188 Å². The van der Waals surface area contributed by atoms with Crippen LogP contribution >= 0.6 is 0 Å². The van der Waals surface area contributed by atoms with Crippen LogP contribution in [-0.2, 0) is 6.61 Å². The Morgan fingerprint density at radius 3 is 2.64 bits per heavy atom. The SMILES string of the molecule is c1cnc(OCc2ccc3c(c2)OCO3)c(-c2nnc(Nc3ccc4c(c3)OCCO4)o2)c1. The molecule has 10 nitrogen and oxygen atoms in total. The zero-order valence-corrected chi connectivity index (χ0v) is 17.3. The van der Waals surface area contributed by atoms with E-state index in [2.05, 4.69) is 20.5 Å². The highest BCUT2D eigenvalue weighted by molar-refractivity contribution is 5.62. The first-order valence-corrected chi connectivity index (χ1v) is 10.3. The molecule has 0 amide bonds. The first-order chi connectivity index (χ1) is 16.3. The van der Waals surface area contributed by atoms with Crippen molar-refractivity contribution in [3.63, 3.8) is 0 Å². The van der Waals surface area contributed by atoms with E-state index in [1.807, 2.05) is 42.5 Å². The number of aromatic nitrogens is 3. The van der Waals surface area contributed by atoms with Crippen molar-refractivity contribution in [3.8, 4) is 40.3 Å². The molecule has 0 fully saturated rings. The van der Waals surface area contributed by atoms with Crippen LogP contribution in [0, 0.1) is 0 Å². The number of fused-ring (bicyclic) bond motifs is 2. The van der Waals surface area contributed by atoms with Crippen molar-refractivity contribution in [2.75, 3.05) is 25.3 Å². The van der Waals surface area contributed by atoms with Gasteiger partial charge in [0.2, 0.25) is 12.7 Å². The number of rotatable bonds is 6. The van der Waals surface area contributed by atoms with Crippen LogP contribution in [-0.4, -0.2) is 35.2 Å². The molecular weight excluding hydrogens is 428 g/mol. The number of nitrogens with one attached hydrogen (secondary N) is 1. The number of pyridine rings is 1. The van der Waals surface area contributed by atoms with Crippen LogP contribution in [0.3, 0.4) is 0 Å². The van der Waals surface area contributed by atoms with Crippen LogP contribution in [0.15, 0.2) is 59.1 Å². The summed E-state index contributed by atoms with van der Waals surface area (Å²) in [6.45, 7) is 1.56. The van der Waals surface area contributed by atoms with Gasteiger partial charge in [0, 0.05) is 18.0 Å². The highest BCUT2D eigenvalue weighted by Crippen LogP contribution is 2.35. The Bertz CT molecular complexity index is 1310. The van der Waals surface area contributed by atoms with Crippen LogP contribution in [0.25, 0.3) is 11.5 Å². The summed E-state index contributed by atoms with van der Waals surface area (Å²) in [6, 6.07) is 15.0. The zero-order chi connectivity index (χ0) is 22.0. The summed E-state index contributed by atoms with van der Waals surface area (Å²) in [5.74, 6) is 3.45. The minimum absolute atomic E-state index is 0.226. The number of anilines is 2. The van der Waals surface area contributed by atoms with Crippen LogP contribution in [0.1, 0.15) is 5.56 Å². The third-order valence-corrected chi connectivity index (χ3v) is 5.03. The molecule has 0 radical (unpaired) electrons. The van der Waals surface area contributed by atoms with Crippen molar-refractivity contribution < 1.29 is 28.1 Å². The predicted octanol–water partition coefficient (Wildman–Crippen LogP) is 3.95. The van der Waals surface area contributed by atoms with Gasteiger partial charge in [-0.3, -0.25) is 0 Å². The lowest BCUT2D eigenvalue weighted by Gasteiger charge is -2.18. The minimum atomic E-state index is 0.226.